The second kappa shape index (κ2) is 8.69. The molecule has 0 saturated carbocycles. The van der Waals surface area contributed by atoms with Gasteiger partial charge < -0.3 is 18.9 Å². The van der Waals surface area contributed by atoms with Crippen LogP contribution in [0.3, 0.4) is 0 Å². The molecule has 5 nitrogen and oxygen atoms in total. The highest BCUT2D eigenvalue weighted by atomic mass is 16.7. The summed E-state index contributed by atoms with van der Waals surface area (Å²) in [7, 11) is 0. The molecule has 28 heavy (non-hydrogen) atoms. The number of carbonyl (C=O) groups excluding carboxylic acids is 1. The number of carbonyl (C=O) groups is 1. The Balaban J connectivity index is 1.52. The number of ether oxygens (including phenoxy) is 4. The van der Waals surface area contributed by atoms with Crippen molar-refractivity contribution in [3.05, 3.63) is 84.4 Å². The maximum atomic E-state index is 12.3. The van der Waals surface area contributed by atoms with E-state index in [1.54, 1.807) is 6.08 Å². The van der Waals surface area contributed by atoms with E-state index in [-0.39, 0.29) is 12.1 Å². The first-order chi connectivity index (χ1) is 13.8. The van der Waals surface area contributed by atoms with Gasteiger partial charge in [-0.1, -0.05) is 66.7 Å². The molecule has 0 aromatic heterocycles. The van der Waals surface area contributed by atoms with Gasteiger partial charge in [0.25, 0.3) is 0 Å². The predicted molar refractivity (Wildman–Crippen MR) is 103 cm³/mol. The van der Waals surface area contributed by atoms with Gasteiger partial charge in [-0.25, -0.2) is 4.79 Å². The van der Waals surface area contributed by atoms with E-state index in [0.29, 0.717) is 19.6 Å². The summed E-state index contributed by atoms with van der Waals surface area (Å²) in [5, 5.41) is 0. The summed E-state index contributed by atoms with van der Waals surface area (Å²) in [5.41, 5.74) is 2.08. The molecule has 3 aliphatic rings. The third-order valence-electron chi connectivity index (χ3n) is 5.09. The lowest BCUT2D eigenvalue weighted by molar-refractivity contribution is -0.293. The van der Waals surface area contributed by atoms with Crippen molar-refractivity contribution in [3.63, 3.8) is 0 Å². The van der Waals surface area contributed by atoms with Crippen LogP contribution in [0.15, 0.2) is 73.3 Å². The fourth-order valence-electron chi connectivity index (χ4n) is 3.71. The molecule has 2 bridgehead atoms. The van der Waals surface area contributed by atoms with Crippen molar-refractivity contribution >= 4 is 5.97 Å². The molecule has 3 aliphatic heterocycles. The van der Waals surface area contributed by atoms with Gasteiger partial charge in [0.2, 0.25) is 0 Å². The molecule has 5 atom stereocenters. The molecule has 2 aromatic carbocycles. The molecule has 0 spiro atoms. The monoisotopic (exact) mass is 380 g/mol. The first-order valence-corrected chi connectivity index (χ1v) is 9.54. The minimum Gasteiger partial charge on any atom is -0.455 e. The van der Waals surface area contributed by atoms with Crippen molar-refractivity contribution in [3.8, 4) is 0 Å². The summed E-state index contributed by atoms with van der Waals surface area (Å²) in [4.78, 5) is 12.3. The zero-order chi connectivity index (χ0) is 19.3. The Kier molecular flexibility index (Phi) is 5.86. The van der Waals surface area contributed by atoms with E-state index in [0.717, 1.165) is 11.1 Å². The Morgan fingerprint density at radius 2 is 1.46 bits per heavy atom. The summed E-state index contributed by atoms with van der Waals surface area (Å²) in [6.45, 7) is 4.57. The molecular formula is C23H24O5. The SMILES string of the molecule is C=CC[C@@H]1OC2C(=O)O[C@@H]1C(OCc1ccccc1)[C@@H]2OCc1ccccc1. The Bertz CT molecular complexity index is 791. The average molecular weight is 380 g/mol. The molecule has 0 amide bonds. The number of benzene rings is 2. The third-order valence-corrected chi connectivity index (χ3v) is 5.09. The van der Waals surface area contributed by atoms with Gasteiger partial charge in [0.15, 0.2) is 12.2 Å². The second-order valence-corrected chi connectivity index (χ2v) is 7.04. The van der Waals surface area contributed by atoms with Gasteiger partial charge in [-0.2, -0.15) is 0 Å². The molecule has 5 heteroatoms. The van der Waals surface area contributed by atoms with E-state index in [4.69, 9.17) is 18.9 Å². The van der Waals surface area contributed by atoms with Crippen LogP contribution >= 0.6 is 0 Å². The van der Waals surface area contributed by atoms with Crippen LogP contribution in [0.25, 0.3) is 0 Å². The molecule has 2 aromatic rings. The molecule has 0 aliphatic carbocycles. The van der Waals surface area contributed by atoms with E-state index in [9.17, 15) is 4.79 Å². The van der Waals surface area contributed by atoms with Gasteiger partial charge in [-0.05, 0) is 17.5 Å². The van der Waals surface area contributed by atoms with Crippen molar-refractivity contribution in [1.29, 1.82) is 0 Å². The maximum absolute atomic E-state index is 12.3. The molecular weight excluding hydrogens is 356 g/mol. The normalized spacial score (nSPS) is 28.7. The lowest BCUT2D eigenvalue weighted by Gasteiger charge is -2.49. The summed E-state index contributed by atoms with van der Waals surface area (Å²) >= 11 is 0. The second-order valence-electron chi connectivity index (χ2n) is 7.04. The van der Waals surface area contributed by atoms with Crippen LogP contribution in [-0.4, -0.2) is 36.5 Å². The lowest BCUT2D eigenvalue weighted by Crippen LogP contribution is -2.68. The highest BCUT2D eigenvalue weighted by Gasteiger charge is 2.57. The van der Waals surface area contributed by atoms with Crippen LogP contribution in [-0.2, 0) is 37.0 Å². The highest BCUT2D eigenvalue weighted by Crippen LogP contribution is 2.36. The van der Waals surface area contributed by atoms with Crippen molar-refractivity contribution in [2.24, 2.45) is 0 Å². The first-order valence-electron chi connectivity index (χ1n) is 9.54. The molecule has 3 saturated heterocycles. The molecule has 2 unspecified atom stereocenters. The molecule has 0 radical (unpaired) electrons. The average Bonchev–Trinajstić information content (AvgIpc) is 2.73. The van der Waals surface area contributed by atoms with E-state index in [1.807, 2.05) is 60.7 Å². The fourth-order valence-corrected chi connectivity index (χ4v) is 3.71. The minimum absolute atomic E-state index is 0.266. The number of rotatable bonds is 8. The van der Waals surface area contributed by atoms with Gasteiger partial charge in [0.1, 0.15) is 18.3 Å². The zero-order valence-corrected chi connectivity index (χ0v) is 15.6. The van der Waals surface area contributed by atoms with Gasteiger partial charge in [0, 0.05) is 0 Å². The van der Waals surface area contributed by atoms with E-state index in [1.165, 1.54) is 0 Å². The summed E-state index contributed by atoms with van der Waals surface area (Å²) < 4.78 is 23.9. The van der Waals surface area contributed by atoms with Gasteiger partial charge >= 0.3 is 5.97 Å². The number of esters is 1. The Labute approximate surface area is 164 Å². The van der Waals surface area contributed by atoms with Crippen molar-refractivity contribution in [1.82, 2.24) is 0 Å². The van der Waals surface area contributed by atoms with Crippen LogP contribution in [0.4, 0.5) is 0 Å². The van der Waals surface area contributed by atoms with Gasteiger partial charge in [-0.3, -0.25) is 0 Å². The van der Waals surface area contributed by atoms with Crippen molar-refractivity contribution in [2.45, 2.75) is 50.2 Å². The van der Waals surface area contributed by atoms with Crippen molar-refractivity contribution in [2.75, 3.05) is 0 Å². The summed E-state index contributed by atoms with van der Waals surface area (Å²) in [6, 6.07) is 19.8. The predicted octanol–water partition coefficient (Wildman–Crippen LogP) is 3.43. The van der Waals surface area contributed by atoms with E-state index in [2.05, 4.69) is 6.58 Å². The van der Waals surface area contributed by atoms with E-state index < -0.39 is 24.4 Å². The third kappa shape index (κ3) is 4.02. The number of fused-ring (bicyclic) bond motifs is 3. The van der Waals surface area contributed by atoms with Crippen LogP contribution in [0.5, 0.6) is 0 Å². The Hall–Kier alpha value is -2.47. The fraction of sp³-hybridized carbons (Fsp3) is 0.348. The van der Waals surface area contributed by atoms with Gasteiger partial charge in [0.05, 0.1) is 13.2 Å². The number of hydrogen-bond donors (Lipinski definition) is 0. The molecule has 3 heterocycles. The smallest absolute Gasteiger partial charge is 0.338 e. The highest BCUT2D eigenvalue weighted by molar-refractivity contribution is 5.77. The minimum atomic E-state index is -0.792. The number of hydrogen-bond acceptors (Lipinski definition) is 5. The van der Waals surface area contributed by atoms with Crippen LogP contribution in [0.2, 0.25) is 0 Å². The van der Waals surface area contributed by atoms with Crippen molar-refractivity contribution < 1.29 is 23.7 Å². The lowest BCUT2D eigenvalue weighted by atomic mass is 9.89. The Morgan fingerprint density at radius 3 is 2.04 bits per heavy atom. The largest absolute Gasteiger partial charge is 0.455 e. The summed E-state index contributed by atoms with van der Waals surface area (Å²) in [6.07, 6.45) is -0.128. The molecule has 5 rings (SSSR count). The summed E-state index contributed by atoms with van der Waals surface area (Å²) in [5.74, 6) is -0.386. The zero-order valence-electron chi connectivity index (χ0n) is 15.6. The first kappa shape index (κ1) is 18.9. The Morgan fingerprint density at radius 1 is 0.893 bits per heavy atom. The van der Waals surface area contributed by atoms with E-state index >= 15 is 0 Å². The van der Waals surface area contributed by atoms with Gasteiger partial charge in [-0.15, -0.1) is 6.58 Å². The quantitative estimate of drug-likeness (QED) is 0.519. The standard InChI is InChI=1S/C23H24O5/c1-2-9-18-19-20(25-14-16-10-5-3-6-11-16)21(22(27-18)23(24)28-19)26-15-17-12-7-4-8-13-17/h2-8,10-13,18-22H,1,9,14-15H2/t18-,19-,20?,21-,22?/m0/s1. The topological polar surface area (TPSA) is 54.0 Å². The van der Waals surface area contributed by atoms with Crippen LogP contribution < -0.4 is 0 Å². The van der Waals surface area contributed by atoms with Crippen LogP contribution in [0.1, 0.15) is 17.5 Å². The maximum Gasteiger partial charge on any atom is 0.338 e. The molecule has 0 N–H and O–H groups in total. The van der Waals surface area contributed by atoms with Crippen LogP contribution in [0, 0.1) is 0 Å². The molecule has 146 valence electrons. The molecule has 3 fully saturated rings.